The number of hydrogen-bond donors (Lipinski definition) is 1. The first-order valence-corrected chi connectivity index (χ1v) is 11.4. The van der Waals surface area contributed by atoms with Crippen molar-refractivity contribution in [2.24, 2.45) is 15.6 Å². The van der Waals surface area contributed by atoms with Gasteiger partial charge in [-0.2, -0.15) is 0 Å². The van der Waals surface area contributed by atoms with Crippen LogP contribution in [0.2, 0.25) is 0 Å². The number of nitrogens with zero attached hydrogens (tertiary/aromatic N) is 4. The summed E-state index contributed by atoms with van der Waals surface area (Å²) in [6.45, 7) is 1.94. The third-order valence-electron chi connectivity index (χ3n) is 5.55. The maximum Gasteiger partial charge on any atom is 0.362 e. The lowest BCUT2D eigenvalue weighted by molar-refractivity contribution is 0.129. The van der Waals surface area contributed by atoms with Crippen LogP contribution in [0.5, 0.6) is 0 Å². The van der Waals surface area contributed by atoms with Gasteiger partial charge < -0.3 is 10.2 Å². The molecule has 154 valence electrons. The lowest BCUT2D eigenvalue weighted by Gasteiger charge is -2.48. The molecule has 2 rings (SSSR count). The highest BCUT2D eigenvalue weighted by Crippen LogP contribution is 2.47. The number of aromatic nitrogens is 1. The zero-order valence-electron chi connectivity index (χ0n) is 16.6. The lowest BCUT2D eigenvalue weighted by atomic mass is 9.60. The topological polar surface area (TPSA) is 104 Å². The third kappa shape index (κ3) is 4.72. The SMILES string of the molecule is CNC(=S)[C@@]1(c2cccnc2)CCCC[C@@H]1C(C)N(C)C(=O)N=NS(C)(=O)=O. The monoisotopic (exact) mass is 425 g/mol. The summed E-state index contributed by atoms with van der Waals surface area (Å²) in [5.41, 5.74) is 0.558. The van der Waals surface area contributed by atoms with Crippen molar-refractivity contribution >= 4 is 33.3 Å². The first-order chi connectivity index (χ1) is 13.1. The van der Waals surface area contributed by atoms with Gasteiger partial charge >= 0.3 is 6.03 Å². The Labute approximate surface area is 171 Å². The average molecular weight is 426 g/mol. The maximum atomic E-state index is 12.4. The van der Waals surface area contributed by atoms with Crippen LogP contribution in [0.3, 0.4) is 0 Å². The number of hydrogen-bond acceptors (Lipinski definition) is 5. The summed E-state index contributed by atoms with van der Waals surface area (Å²) in [6.07, 6.45) is 8.22. The van der Waals surface area contributed by atoms with Gasteiger partial charge in [0.2, 0.25) is 0 Å². The zero-order valence-corrected chi connectivity index (χ0v) is 18.3. The van der Waals surface area contributed by atoms with E-state index in [0.29, 0.717) is 0 Å². The minimum absolute atomic E-state index is 0.0211. The fourth-order valence-electron chi connectivity index (χ4n) is 4.10. The van der Waals surface area contributed by atoms with Crippen molar-refractivity contribution in [3.05, 3.63) is 30.1 Å². The van der Waals surface area contributed by atoms with Crippen molar-refractivity contribution in [3.63, 3.8) is 0 Å². The molecule has 0 radical (unpaired) electrons. The van der Waals surface area contributed by atoms with E-state index < -0.39 is 21.5 Å². The lowest BCUT2D eigenvalue weighted by Crippen LogP contribution is -2.56. The molecule has 1 aromatic heterocycles. The zero-order chi connectivity index (χ0) is 20.9. The Bertz CT molecular complexity index is 844. The molecule has 28 heavy (non-hydrogen) atoms. The van der Waals surface area contributed by atoms with E-state index in [4.69, 9.17) is 12.2 Å². The van der Waals surface area contributed by atoms with Crippen LogP contribution in [0.4, 0.5) is 4.79 Å². The Kier molecular flexibility index (Phi) is 7.22. The number of pyridine rings is 1. The van der Waals surface area contributed by atoms with Crippen molar-refractivity contribution in [2.45, 2.75) is 44.1 Å². The quantitative estimate of drug-likeness (QED) is 0.575. The third-order valence-corrected chi connectivity index (χ3v) is 6.49. The minimum atomic E-state index is -3.71. The molecule has 8 nitrogen and oxygen atoms in total. The number of urea groups is 1. The molecule has 0 spiro atoms. The summed E-state index contributed by atoms with van der Waals surface area (Å²) in [4.78, 5) is 18.8. The van der Waals surface area contributed by atoms with Gasteiger partial charge in [0.05, 0.1) is 16.7 Å². The molecule has 1 saturated carbocycles. The van der Waals surface area contributed by atoms with Gasteiger partial charge in [0.15, 0.2) is 0 Å². The highest BCUT2D eigenvalue weighted by atomic mass is 32.2. The van der Waals surface area contributed by atoms with Gasteiger partial charge in [-0.05, 0) is 37.3 Å². The Hall–Kier alpha value is -1.94. The van der Waals surface area contributed by atoms with Gasteiger partial charge in [-0.3, -0.25) is 4.98 Å². The van der Waals surface area contributed by atoms with Crippen molar-refractivity contribution in [1.29, 1.82) is 0 Å². The standard InChI is InChI=1S/C18H27N5O3S2/c1-13(23(3)17(24)21-22-28(4,25)26)15-9-5-6-10-18(15,16(27)19-2)14-8-7-11-20-12-14/h7-8,11-13,15H,5-6,9-10H2,1-4H3,(H,19,27)/t13?,15-,18-/m1/s1. The van der Waals surface area contributed by atoms with Crippen LogP contribution in [0.25, 0.3) is 0 Å². The van der Waals surface area contributed by atoms with E-state index in [2.05, 4.69) is 19.9 Å². The predicted octanol–water partition coefficient (Wildman–Crippen LogP) is 2.91. The van der Waals surface area contributed by atoms with E-state index in [1.807, 2.05) is 32.3 Å². The summed E-state index contributed by atoms with van der Waals surface area (Å²) in [5.74, 6) is 0.0211. The summed E-state index contributed by atoms with van der Waals surface area (Å²) in [7, 11) is -0.293. The minimum Gasteiger partial charge on any atom is -0.382 e. The Morgan fingerprint density at radius 1 is 1.46 bits per heavy atom. The summed E-state index contributed by atoms with van der Waals surface area (Å²) in [6, 6.07) is 2.98. The van der Waals surface area contributed by atoms with Crippen LogP contribution in [0, 0.1) is 5.92 Å². The van der Waals surface area contributed by atoms with Crippen LogP contribution in [0.15, 0.2) is 34.2 Å². The second-order valence-electron chi connectivity index (χ2n) is 7.19. The number of carbonyl (C=O) groups is 1. The van der Waals surface area contributed by atoms with Crippen LogP contribution in [-0.2, 0) is 15.4 Å². The van der Waals surface area contributed by atoms with Crippen LogP contribution < -0.4 is 5.32 Å². The summed E-state index contributed by atoms with van der Waals surface area (Å²) >= 11 is 5.75. The fraction of sp³-hybridized carbons (Fsp3) is 0.611. The van der Waals surface area contributed by atoms with Gasteiger partial charge in [-0.1, -0.05) is 40.8 Å². The van der Waals surface area contributed by atoms with Gasteiger partial charge in [0, 0.05) is 32.5 Å². The van der Waals surface area contributed by atoms with E-state index in [-0.39, 0.29) is 12.0 Å². The number of thiocarbonyl (C=S) groups is 1. The Morgan fingerprint density at radius 2 is 2.18 bits per heavy atom. The normalized spacial score (nSPS) is 23.9. The molecule has 0 saturated heterocycles. The molecule has 1 heterocycles. The molecule has 2 amide bonds. The highest BCUT2D eigenvalue weighted by Gasteiger charge is 2.49. The van der Waals surface area contributed by atoms with Crippen LogP contribution in [-0.4, -0.2) is 55.7 Å². The van der Waals surface area contributed by atoms with Crippen LogP contribution >= 0.6 is 12.2 Å². The maximum absolute atomic E-state index is 12.4. The molecule has 1 unspecified atom stereocenters. The van der Waals surface area contributed by atoms with Crippen molar-refractivity contribution in [1.82, 2.24) is 15.2 Å². The second kappa shape index (κ2) is 9.04. The number of likely N-dealkylation sites (N-methyl/N-ethyl adjacent to an activating group) is 1. The molecule has 0 bridgehead atoms. The molecular formula is C18H27N5O3S2. The summed E-state index contributed by atoms with van der Waals surface area (Å²) < 4.78 is 25.5. The number of carbonyl (C=O) groups excluding carboxylic acids is 1. The van der Waals surface area contributed by atoms with Crippen molar-refractivity contribution < 1.29 is 13.2 Å². The van der Waals surface area contributed by atoms with E-state index >= 15 is 0 Å². The molecule has 10 heteroatoms. The van der Waals surface area contributed by atoms with Gasteiger partial charge in [-0.15, -0.1) is 0 Å². The smallest absolute Gasteiger partial charge is 0.362 e. The molecule has 0 aliphatic heterocycles. The van der Waals surface area contributed by atoms with E-state index in [1.165, 1.54) is 4.90 Å². The Balaban J connectivity index is 2.43. The fourth-order valence-corrected chi connectivity index (χ4v) is 4.69. The molecule has 1 aromatic rings. The van der Waals surface area contributed by atoms with Gasteiger partial charge in [0.1, 0.15) is 0 Å². The number of rotatable bonds is 5. The van der Waals surface area contributed by atoms with Crippen molar-refractivity contribution in [3.8, 4) is 0 Å². The summed E-state index contributed by atoms with van der Waals surface area (Å²) in [5, 5.41) is 6.51. The average Bonchev–Trinajstić information content (AvgIpc) is 2.70. The molecule has 3 atom stereocenters. The number of sulfonamides is 1. The molecule has 1 fully saturated rings. The van der Waals surface area contributed by atoms with E-state index in [9.17, 15) is 13.2 Å². The predicted molar refractivity (Wildman–Crippen MR) is 112 cm³/mol. The van der Waals surface area contributed by atoms with Gasteiger partial charge in [0.25, 0.3) is 10.0 Å². The molecule has 1 aliphatic rings. The molecule has 1 N–H and O–H groups in total. The first-order valence-electron chi connectivity index (χ1n) is 9.16. The first kappa shape index (κ1) is 22.4. The van der Waals surface area contributed by atoms with E-state index in [1.54, 1.807) is 13.2 Å². The molecular weight excluding hydrogens is 398 g/mol. The highest BCUT2D eigenvalue weighted by molar-refractivity contribution is 7.89. The van der Waals surface area contributed by atoms with E-state index in [0.717, 1.165) is 42.5 Å². The van der Waals surface area contributed by atoms with Crippen molar-refractivity contribution in [2.75, 3.05) is 20.4 Å². The number of amides is 2. The second-order valence-corrected chi connectivity index (χ2v) is 9.23. The van der Waals surface area contributed by atoms with Gasteiger partial charge in [-0.25, -0.2) is 13.2 Å². The molecule has 1 aliphatic carbocycles. The largest absolute Gasteiger partial charge is 0.382 e. The number of nitrogens with one attached hydrogen (secondary N) is 1. The van der Waals surface area contributed by atoms with Crippen LogP contribution in [0.1, 0.15) is 38.2 Å². The molecule has 0 aromatic carbocycles. The Morgan fingerprint density at radius 3 is 2.75 bits per heavy atom.